The molecule has 1 aliphatic carbocycles. The number of hydrogen-bond donors (Lipinski definition) is 1. The molecule has 0 heterocycles. The summed E-state index contributed by atoms with van der Waals surface area (Å²) >= 11 is 0. The number of terminal acetylenes is 1. The Morgan fingerprint density at radius 2 is 2.33 bits per heavy atom. The van der Waals surface area contributed by atoms with Gasteiger partial charge in [-0.05, 0) is 18.8 Å². The van der Waals surface area contributed by atoms with Gasteiger partial charge in [-0.25, -0.2) is 0 Å². The van der Waals surface area contributed by atoms with Gasteiger partial charge in [0.2, 0.25) is 0 Å². The molecule has 0 aliphatic heterocycles. The molecule has 0 aromatic heterocycles. The lowest BCUT2D eigenvalue weighted by Crippen LogP contribution is -2.39. The van der Waals surface area contributed by atoms with E-state index in [4.69, 9.17) is 6.42 Å². The van der Waals surface area contributed by atoms with Crippen LogP contribution < -0.4 is 0 Å². The summed E-state index contributed by atoms with van der Waals surface area (Å²) in [5.74, 6) is 3.02. The molecule has 0 saturated heterocycles. The highest BCUT2D eigenvalue weighted by molar-refractivity contribution is 4.99. The molecule has 0 spiro atoms. The molecule has 12 heavy (non-hydrogen) atoms. The SMILES string of the molecule is C#CCC1(O)CCCCC1CC. The average molecular weight is 166 g/mol. The second-order valence-corrected chi connectivity index (χ2v) is 3.84. The van der Waals surface area contributed by atoms with Gasteiger partial charge in [0.25, 0.3) is 0 Å². The summed E-state index contributed by atoms with van der Waals surface area (Å²) in [7, 11) is 0. The van der Waals surface area contributed by atoms with Crippen molar-refractivity contribution in [3.63, 3.8) is 0 Å². The van der Waals surface area contributed by atoms with Gasteiger partial charge in [-0.2, -0.15) is 0 Å². The predicted octanol–water partition coefficient (Wildman–Crippen LogP) is 2.34. The van der Waals surface area contributed by atoms with E-state index in [0.29, 0.717) is 12.3 Å². The molecule has 1 heteroatoms. The Labute approximate surface area is 75.2 Å². The van der Waals surface area contributed by atoms with Gasteiger partial charge in [0, 0.05) is 6.42 Å². The van der Waals surface area contributed by atoms with Crippen molar-refractivity contribution >= 4 is 0 Å². The van der Waals surface area contributed by atoms with Gasteiger partial charge >= 0.3 is 0 Å². The molecule has 0 aromatic carbocycles. The molecule has 1 rings (SSSR count). The van der Waals surface area contributed by atoms with E-state index in [-0.39, 0.29) is 0 Å². The van der Waals surface area contributed by atoms with Gasteiger partial charge in [-0.15, -0.1) is 12.3 Å². The summed E-state index contributed by atoms with van der Waals surface area (Å²) in [5, 5.41) is 10.2. The third-order valence-electron chi connectivity index (χ3n) is 3.07. The Bertz CT molecular complexity index is 180. The van der Waals surface area contributed by atoms with Crippen LogP contribution in [-0.4, -0.2) is 10.7 Å². The van der Waals surface area contributed by atoms with Gasteiger partial charge in [0.05, 0.1) is 5.60 Å². The largest absolute Gasteiger partial charge is 0.389 e. The number of rotatable bonds is 2. The van der Waals surface area contributed by atoms with Gasteiger partial charge < -0.3 is 5.11 Å². The van der Waals surface area contributed by atoms with E-state index in [1.54, 1.807) is 0 Å². The van der Waals surface area contributed by atoms with E-state index < -0.39 is 5.60 Å². The molecular weight excluding hydrogens is 148 g/mol. The zero-order chi connectivity index (χ0) is 9.03. The van der Waals surface area contributed by atoms with Crippen LogP contribution in [0.3, 0.4) is 0 Å². The molecule has 1 aliphatic rings. The van der Waals surface area contributed by atoms with E-state index in [0.717, 1.165) is 25.7 Å². The van der Waals surface area contributed by atoms with E-state index in [1.807, 2.05) is 0 Å². The van der Waals surface area contributed by atoms with E-state index >= 15 is 0 Å². The van der Waals surface area contributed by atoms with Crippen LogP contribution in [0.15, 0.2) is 0 Å². The van der Waals surface area contributed by atoms with Crippen molar-refractivity contribution in [1.82, 2.24) is 0 Å². The van der Waals surface area contributed by atoms with E-state index in [2.05, 4.69) is 12.8 Å². The first-order chi connectivity index (χ1) is 5.73. The molecule has 68 valence electrons. The predicted molar refractivity (Wildman–Crippen MR) is 50.6 cm³/mol. The first-order valence-corrected chi connectivity index (χ1v) is 4.89. The van der Waals surface area contributed by atoms with Crippen molar-refractivity contribution in [2.24, 2.45) is 5.92 Å². The molecule has 0 amide bonds. The lowest BCUT2D eigenvalue weighted by atomic mass is 9.72. The molecule has 1 saturated carbocycles. The third-order valence-corrected chi connectivity index (χ3v) is 3.07. The first kappa shape index (κ1) is 9.61. The maximum atomic E-state index is 10.2. The highest BCUT2D eigenvalue weighted by Crippen LogP contribution is 2.37. The molecular formula is C11H18O. The van der Waals surface area contributed by atoms with Crippen molar-refractivity contribution < 1.29 is 5.11 Å². The first-order valence-electron chi connectivity index (χ1n) is 4.89. The maximum Gasteiger partial charge on any atom is 0.0784 e. The normalized spacial score (nSPS) is 35.9. The lowest BCUT2D eigenvalue weighted by Gasteiger charge is -2.38. The average Bonchev–Trinajstić information content (AvgIpc) is 2.05. The lowest BCUT2D eigenvalue weighted by molar-refractivity contribution is -0.0451. The summed E-state index contributed by atoms with van der Waals surface area (Å²) in [6, 6.07) is 0. The van der Waals surface area contributed by atoms with E-state index in [1.165, 1.54) is 6.42 Å². The summed E-state index contributed by atoms with van der Waals surface area (Å²) in [4.78, 5) is 0. The fraction of sp³-hybridized carbons (Fsp3) is 0.818. The maximum absolute atomic E-state index is 10.2. The minimum Gasteiger partial charge on any atom is -0.389 e. The third kappa shape index (κ3) is 1.81. The van der Waals surface area contributed by atoms with Crippen LogP contribution in [0.2, 0.25) is 0 Å². The smallest absolute Gasteiger partial charge is 0.0784 e. The number of aliphatic hydroxyl groups is 1. The van der Waals surface area contributed by atoms with Crippen molar-refractivity contribution in [3.05, 3.63) is 0 Å². The molecule has 2 unspecified atom stereocenters. The van der Waals surface area contributed by atoms with Gasteiger partial charge in [-0.1, -0.05) is 26.2 Å². The van der Waals surface area contributed by atoms with E-state index in [9.17, 15) is 5.11 Å². The Morgan fingerprint density at radius 3 is 2.92 bits per heavy atom. The Balaban J connectivity index is 2.63. The topological polar surface area (TPSA) is 20.2 Å². The fourth-order valence-corrected chi connectivity index (χ4v) is 2.29. The van der Waals surface area contributed by atoms with Crippen LogP contribution in [0, 0.1) is 18.3 Å². The van der Waals surface area contributed by atoms with Crippen LogP contribution in [0.5, 0.6) is 0 Å². The van der Waals surface area contributed by atoms with Crippen molar-refractivity contribution in [2.45, 2.75) is 51.0 Å². The van der Waals surface area contributed by atoms with Gasteiger partial charge in [0.15, 0.2) is 0 Å². The van der Waals surface area contributed by atoms with Crippen LogP contribution in [0.1, 0.15) is 45.4 Å². The molecule has 1 N–H and O–H groups in total. The van der Waals surface area contributed by atoms with Crippen LogP contribution in [0.25, 0.3) is 0 Å². The highest BCUT2D eigenvalue weighted by atomic mass is 16.3. The highest BCUT2D eigenvalue weighted by Gasteiger charge is 2.36. The van der Waals surface area contributed by atoms with Gasteiger partial charge in [-0.3, -0.25) is 0 Å². The Kier molecular flexibility index (Phi) is 3.17. The molecule has 0 radical (unpaired) electrons. The summed E-state index contributed by atoms with van der Waals surface area (Å²) in [6.07, 6.45) is 11.3. The monoisotopic (exact) mass is 166 g/mol. The van der Waals surface area contributed by atoms with Crippen molar-refractivity contribution in [1.29, 1.82) is 0 Å². The molecule has 0 aromatic rings. The summed E-state index contributed by atoms with van der Waals surface area (Å²) in [6.45, 7) is 2.14. The Morgan fingerprint density at radius 1 is 1.58 bits per heavy atom. The zero-order valence-electron chi connectivity index (χ0n) is 7.84. The molecule has 0 bridgehead atoms. The van der Waals surface area contributed by atoms with Crippen LogP contribution >= 0.6 is 0 Å². The van der Waals surface area contributed by atoms with Crippen LogP contribution in [-0.2, 0) is 0 Å². The summed E-state index contributed by atoms with van der Waals surface area (Å²) in [5.41, 5.74) is -0.540. The summed E-state index contributed by atoms with van der Waals surface area (Å²) < 4.78 is 0. The van der Waals surface area contributed by atoms with Gasteiger partial charge in [0.1, 0.15) is 0 Å². The second kappa shape index (κ2) is 3.96. The number of hydrogen-bond acceptors (Lipinski definition) is 1. The zero-order valence-corrected chi connectivity index (χ0v) is 7.84. The fourth-order valence-electron chi connectivity index (χ4n) is 2.29. The quantitative estimate of drug-likeness (QED) is 0.624. The van der Waals surface area contributed by atoms with Crippen molar-refractivity contribution in [3.8, 4) is 12.3 Å². The van der Waals surface area contributed by atoms with Crippen molar-refractivity contribution in [2.75, 3.05) is 0 Å². The molecule has 1 fully saturated rings. The van der Waals surface area contributed by atoms with Crippen LogP contribution in [0.4, 0.5) is 0 Å². The second-order valence-electron chi connectivity index (χ2n) is 3.84. The molecule has 1 nitrogen and oxygen atoms in total. The molecule has 2 atom stereocenters. The Hall–Kier alpha value is -0.480. The minimum atomic E-state index is -0.540. The minimum absolute atomic E-state index is 0.433. The standard InChI is InChI=1S/C11H18O/c1-3-8-11(12)9-6-5-7-10(11)4-2/h1,10,12H,4-9H2,2H3.